The van der Waals surface area contributed by atoms with E-state index in [1.807, 2.05) is 6.92 Å². The summed E-state index contributed by atoms with van der Waals surface area (Å²) in [4.78, 5) is 38.7. The summed E-state index contributed by atoms with van der Waals surface area (Å²) < 4.78 is 4.37. The number of rotatable bonds is 5. The molecule has 0 aromatic carbocycles. The molecule has 8 nitrogen and oxygen atoms in total. The Morgan fingerprint density at radius 2 is 2.05 bits per heavy atom. The Bertz CT molecular complexity index is 509. The molecule has 0 aliphatic carbocycles. The van der Waals surface area contributed by atoms with Crippen molar-refractivity contribution < 1.29 is 24.2 Å². The third-order valence-electron chi connectivity index (χ3n) is 2.45. The van der Waals surface area contributed by atoms with Crippen LogP contribution in [0, 0.1) is 13.8 Å². The maximum atomic E-state index is 11.6. The Kier molecular flexibility index (Phi) is 5.44. The minimum Gasteiger partial charge on any atom is -0.480 e. The van der Waals surface area contributed by atoms with E-state index in [4.69, 9.17) is 5.11 Å². The summed E-state index contributed by atoms with van der Waals surface area (Å²) in [6.07, 6.45) is -0.449. The lowest BCUT2D eigenvalue weighted by Gasteiger charge is -2.13. The predicted octanol–water partition coefficient (Wildman–Crippen LogP) is 0.898. The topological polar surface area (TPSA) is 118 Å². The Balaban J connectivity index is 2.62. The zero-order valence-corrected chi connectivity index (χ0v) is 12.0. The highest BCUT2D eigenvalue weighted by Gasteiger charge is 2.24. The number of ether oxygens (including phenoxy) is 1. The number of nitrogens with one attached hydrogen (secondary N) is 2. The van der Waals surface area contributed by atoms with Gasteiger partial charge in [0.25, 0.3) is 0 Å². The highest BCUT2D eigenvalue weighted by molar-refractivity contribution is 7.15. The fraction of sp³-hybridized carbons (Fsp3) is 0.455. The van der Waals surface area contributed by atoms with E-state index >= 15 is 0 Å². The van der Waals surface area contributed by atoms with Gasteiger partial charge >= 0.3 is 18.0 Å². The zero-order valence-electron chi connectivity index (χ0n) is 11.2. The van der Waals surface area contributed by atoms with Crippen molar-refractivity contribution in [1.29, 1.82) is 0 Å². The molecule has 1 atom stereocenters. The summed E-state index contributed by atoms with van der Waals surface area (Å²) in [6.45, 7) is 3.65. The van der Waals surface area contributed by atoms with Gasteiger partial charge in [-0.15, -0.1) is 11.3 Å². The number of hydrogen-bond acceptors (Lipinski definition) is 6. The van der Waals surface area contributed by atoms with Crippen molar-refractivity contribution in [3.63, 3.8) is 0 Å². The van der Waals surface area contributed by atoms with E-state index in [1.54, 1.807) is 6.92 Å². The summed E-state index contributed by atoms with van der Waals surface area (Å²) in [6, 6.07) is -2.10. The lowest BCUT2D eigenvalue weighted by atomic mass is 10.2. The van der Waals surface area contributed by atoms with Crippen molar-refractivity contribution in [2.45, 2.75) is 26.3 Å². The van der Waals surface area contributed by atoms with Crippen LogP contribution < -0.4 is 10.6 Å². The largest absolute Gasteiger partial charge is 0.480 e. The van der Waals surface area contributed by atoms with Crippen molar-refractivity contribution in [1.82, 2.24) is 10.3 Å². The van der Waals surface area contributed by atoms with Gasteiger partial charge in [-0.25, -0.2) is 14.6 Å². The van der Waals surface area contributed by atoms with E-state index in [2.05, 4.69) is 20.4 Å². The third-order valence-corrected chi connectivity index (χ3v) is 3.44. The first-order chi connectivity index (χ1) is 9.33. The number of anilines is 1. The molecule has 1 heterocycles. The third kappa shape index (κ3) is 4.50. The van der Waals surface area contributed by atoms with Crippen LogP contribution in [0.5, 0.6) is 0 Å². The maximum absolute atomic E-state index is 11.6. The number of aromatic nitrogens is 1. The van der Waals surface area contributed by atoms with Gasteiger partial charge in [-0.2, -0.15) is 0 Å². The van der Waals surface area contributed by atoms with Gasteiger partial charge in [-0.05, 0) is 13.8 Å². The molecule has 2 amide bonds. The number of hydrogen-bond donors (Lipinski definition) is 3. The molecule has 0 radical (unpaired) electrons. The van der Waals surface area contributed by atoms with Gasteiger partial charge in [-0.3, -0.25) is 10.1 Å². The fourth-order valence-corrected chi connectivity index (χ4v) is 2.08. The van der Waals surface area contributed by atoms with Gasteiger partial charge in [0.2, 0.25) is 0 Å². The molecule has 1 aromatic rings. The van der Waals surface area contributed by atoms with E-state index < -0.39 is 30.4 Å². The number of carboxylic acid groups (broad SMARTS) is 1. The molecule has 0 saturated carbocycles. The number of urea groups is 1. The molecule has 0 spiro atoms. The van der Waals surface area contributed by atoms with Crippen molar-refractivity contribution in [3.05, 3.63) is 10.6 Å². The molecule has 0 unspecified atom stereocenters. The standard InChI is InChI=1S/C11H15N3O5S/c1-5-6(2)20-11(12-5)14-10(18)13-7(9(16)17)4-8(15)19-3/h7H,4H2,1-3H3,(H,16,17)(H2,12,13,14,18)/t7-/m0/s1. The molecule has 0 aliphatic rings. The van der Waals surface area contributed by atoms with Crippen molar-refractivity contribution >= 4 is 34.4 Å². The average molecular weight is 301 g/mol. The summed E-state index contributed by atoms with van der Waals surface area (Å²) in [5, 5.41) is 13.9. The number of aliphatic carboxylic acids is 1. The van der Waals surface area contributed by atoms with E-state index in [-0.39, 0.29) is 0 Å². The van der Waals surface area contributed by atoms with E-state index in [9.17, 15) is 14.4 Å². The molecule has 9 heteroatoms. The zero-order chi connectivity index (χ0) is 15.3. The van der Waals surface area contributed by atoms with Gasteiger partial charge in [0.05, 0.1) is 19.2 Å². The van der Waals surface area contributed by atoms with E-state index in [0.717, 1.165) is 17.7 Å². The number of aryl methyl sites for hydroxylation is 2. The normalized spacial score (nSPS) is 11.6. The first kappa shape index (κ1) is 15.9. The second-order valence-electron chi connectivity index (χ2n) is 3.93. The SMILES string of the molecule is COC(=O)C[C@H](NC(=O)Nc1nc(C)c(C)s1)C(=O)O. The molecule has 110 valence electrons. The Morgan fingerprint density at radius 1 is 1.40 bits per heavy atom. The van der Waals surface area contributed by atoms with Crippen LogP contribution in [0.4, 0.5) is 9.93 Å². The first-order valence-electron chi connectivity index (χ1n) is 5.64. The molecule has 3 N–H and O–H groups in total. The van der Waals surface area contributed by atoms with Crippen LogP contribution in [0.25, 0.3) is 0 Å². The van der Waals surface area contributed by atoms with E-state index in [0.29, 0.717) is 5.13 Å². The number of thiazole rings is 1. The minimum atomic E-state index is -1.36. The number of carbonyl (C=O) groups excluding carboxylic acids is 2. The van der Waals surface area contributed by atoms with Gasteiger partial charge in [0.1, 0.15) is 6.04 Å². The summed E-state index contributed by atoms with van der Waals surface area (Å²) in [5.41, 5.74) is 0.787. The highest BCUT2D eigenvalue weighted by atomic mass is 32.1. The Hall–Kier alpha value is -2.16. The second kappa shape index (κ2) is 6.85. The average Bonchev–Trinajstić information content (AvgIpc) is 2.66. The summed E-state index contributed by atoms with van der Waals surface area (Å²) in [7, 11) is 1.14. The Morgan fingerprint density at radius 3 is 2.50 bits per heavy atom. The smallest absolute Gasteiger partial charge is 0.326 e. The molecule has 0 aliphatic heterocycles. The van der Waals surface area contributed by atoms with Crippen LogP contribution in [0.3, 0.4) is 0 Å². The number of methoxy groups -OCH3 is 1. The van der Waals surface area contributed by atoms with Gasteiger partial charge in [0, 0.05) is 4.88 Å². The molecule has 0 saturated heterocycles. The number of esters is 1. The highest BCUT2D eigenvalue weighted by Crippen LogP contribution is 2.20. The monoisotopic (exact) mass is 301 g/mol. The van der Waals surface area contributed by atoms with Crippen LogP contribution >= 0.6 is 11.3 Å². The quantitative estimate of drug-likeness (QED) is 0.695. The summed E-state index contributed by atoms with van der Waals surface area (Å²) >= 11 is 1.27. The van der Waals surface area contributed by atoms with Gasteiger partial charge in [-0.1, -0.05) is 0 Å². The molecular formula is C11H15N3O5S. The molecule has 1 aromatic heterocycles. The number of carboxylic acids is 1. The van der Waals surface area contributed by atoms with Crippen LogP contribution in [-0.2, 0) is 14.3 Å². The molecular weight excluding hydrogens is 286 g/mol. The van der Waals surface area contributed by atoms with Crippen molar-refractivity contribution in [2.75, 3.05) is 12.4 Å². The molecule has 20 heavy (non-hydrogen) atoms. The van der Waals surface area contributed by atoms with E-state index in [1.165, 1.54) is 11.3 Å². The second-order valence-corrected chi connectivity index (χ2v) is 5.13. The number of amides is 2. The number of carbonyl (C=O) groups is 3. The van der Waals surface area contributed by atoms with Crippen molar-refractivity contribution in [3.8, 4) is 0 Å². The maximum Gasteiger partial charge on any atom is 0.326 e. The number of nitrogens with zero attached hydrogens (tertiary/aromatic N) is 1. The van der Waals surface area contributed by atoms with Crippen molar-refractivity contribution in [2.24, 2.45) is 0 Å². The first-order valence-corrected chi connectivity index (χ1v) is 6.46. The Labute approximate surface area is 119 Å². The molecule has 0 fully saturated rings. The predicted molar refractivity (Wildman–Crippen MR) is 71.8 cm³/mol. The van der Waals surface area contributed by atoms with Crippen LogP contribution in [-0.4, -0.2) is 41.2 Å². The van der Waals surface area contributed by atoms with Crippen LogP contribution in [0.1, 0.15) is 17.0 Å². The van der Waals surface area contributed by atoms with Gasteiger partial charge in [0.15, 0.2) is 5.13 Å². The van der Waals surface area contributed by atoms with Gasteiger partial charge < -0.3 is 15.2 Å². The fourth-order valence-electron chi connectivity index (χ4n) is 1.27. The molecule has 0 bridgehead atoms. The lowest BCUT2D eigenvalue weighted by molar-refractivity contribution is -0.147. The molecule has 1 rings (SSSR count). The summed E-state index contributed by atoms with van der Waals surface area (Å²) in [5.74, 6) is -2.05. The van der Waals surface area contributed by atoms with Crippen LogP contribution in [0.2, 0.25) is 0 Å². The minimum absolute atomic E-state index is 0.361. The lowest BCUT2D eigenvalue weighted by Crippen LogP contribution is -2.44. The van der Waals surface area contributed by atoms with Crippen LogP contribution in [0.15, 0.2) is 0 Å².